The van der Waals surface area contributed by atoms with E-state index < -0.39 is 5.82 Å². The maximum absolute atomic E-state index is 13.9. The number of rotatable bonds is 5. The Morgan fingerprint density at radius 3 is 2.62 bits per heavy atom. The third kappa shape index (κ3) is 3.92. The maximum atomic E-state index is 13.9. The molecule has 0 saturated heterocycles. The van der Waals surface area contributed by atoms with Crippen molar-refractivity contribution in [3.8, 4) is 11.5 Å². The molecule has 0 aliphatic carbocycles. The van der Waals surface area contributed by atoms with Crippen LogP contribution in [-0.4, -0.2) is 12.1 Å². The van der Waals surface area contributed by atoms with Crippen LogP contribution < -0.4 is 15.2 Å². The summed E-state index contributed by atoms with van der Waals surface area (Å²) in [6, 6.07) is 9.90. The van der Waals surface area contributed by atoms with Gasteiger partial charge in [0.1, 0.15) is 28.9 Å². The van der Waals surface area contributed by atoms with Crippen LogP contribution in [0.5, 0.6) is 11.5 Å². The minimum absolute atomic E-state index is 0.106. The first kappa shape index (κ1) is 15.7. The van der Waals surface area contributed by atoms with Crippen molar-refractivity contribution in [2.75, 3.05) is 7.11 Å². The number of halogens is 2. The van der Waals surface area contributed by atoms with Gasteiger partial charge in [0.25, 0.3) is 0 Å². The molecule has 2 aromatic carbocycles. The standard InChI is InChI=1S/C15H13BrFNO2S/c1-19-11-4-5-14(12(16)7-11)20-8-10-3-2-9(15(18)21)6-13(10)17/h2-7H,8H2,1H3,(H2,18,21). The molecule has 0 amide bonds. The Morgan fingerprint density at radius 2 is 2.05 bits per heavy atom. The quantitative estimate of drug-likeness (QED) is 0.813. The second-order valence-corrected chi connectivity index (χ2v) is 5.55. The van der Waals surface area contributed by atoms with E-state index >= 15 is 0 Å². The average molecular weight is 370 g/mol. The zero-order valence-electron chi connectivity index (χ0n) is 11.2. The highest BCUT2D eigenvalue weighted by molar-refractivity contribution is 9.10. The van der Waals surface area contributed by atoms with E-state index in [1.807, 2.05) is 0 Å². The van der Waals surface area contributed by atoms with Crippen molar-refractivity contribution in [1.29, 1.82) is 0 Å². The van der Waals surface area contributed by atoms with Crippen molar-refractivity contribution in [3.63, 3.8) is 0 Å². The van der Waals surface area contributed by atoms with Crippen molar-refractivity contribution in [2.45, 2.75) is 6.61 Å². The van der Waals surface area contributed by atoms with Crippen LogP contribution >= 0.6 is 28.1 Å². The Morgan fingerprint density at radius 1 is 1.29 bits per heavy atom. The van der Waals surface area contributed by atoms with Crippen molar-refractivity contribution in [3.05, 3.63) is 57.8 Å². The third-order valence-electron chi connectivity index (χ3n) is 2.86. The molecule has 0 aromatic heterocycles. The number of methoxy groups -OCH3 is 1. The predicted octanol–water partition coefficient (Wildman–Crippen LogP) is 3.81. The third-order valence-corrected chi connectivity index (χ3v) is 3.72. The van der Waals surface area contributed by atoms with Gasteiger partial charge in [-0.2, -0.15) is 0 Å². The minimum atomic E-state index is -0.398. The lowest BCUT2D eigenvalue weighted by Crippen LogP contribution is -2.10. The molecular weight excluding hydrogens is 357 g/mol. The first-order valence-corrected chi connectivity index (χ1v) is 7.26. The van der Waals surface area contributed by atoms with Crippen LogP contribution in [0.2, 0.25) is 0 Å². The van der Waals surface area contributed by atoms with Gasteiger partial charge >= 0.3 is 0 Å². The topological polar surface area (TPSA) is 44.5 Å². The Balaban J connectivity index is 2.11. The number of ether oxygens (including phenoxy) is 2. The molecule has 110 valence electrons. The molecular formula is C15H13BrFNO2S. The monoisotopic (exact) mass is 369 g/mol. The van der Waals surface area contributed by atoms with Crippen LogP contribution in [0.4, 0.5) is 4.39 Å². The fourth-order valence-electron chi connectivity index (χ4n) is 1.70. The summed E-state index contributed by atoms with van der Waals surface area (Å²) in [5.41, 5.74) is 6.39. The smallest absolute Gasteiger partial charge is 0.134 e. The molecule has 0 fully saturated rings. The van der Waals surface area contributed by atoms with E-state index in [4.69, 9.17) is 27.4 Å². The van der Waals surface area contributed by atoms with E-state index in [9.17, 15) is 4.39 Å². The molecule has 0 heterocycles. The molecule has 0 aliphatic heterocycles. The minimum Gasteiger partial charge on any atom is -0.497 e. The Kier molecular flexibility index (Phi) is 5.14. The number of thiocarbonyl (C=S) groups is 1. The van der Waals surface area contributed by atoms with Gasteiger partial charge in [-0.15, -0.1) is 0 Å². The maximum Gasteiger partial charge on any atom is 0.134 e. The highest BCUT2D eigenvalue weighted by Crippen LogP contribution is 2.29. The molecule has 3 nitrogen and oxygen atoms in total. The molecule has 6 heteroatoms. The number of benzene rings is 2. The highest BCUT2D eigenvalue weighted by atomic mass is 79.9. The lowest BCUT2D eigenvalue weighted by Gasteiger charge is -2.10. The largest absolute Gasteiger partial charge is 0.497 e. The molecule has 0 saturated carbocycles. The summed E-state index contributed by atoms with van der Waals surface area (Å²) in [5.74, 6) is 0.916. The van der Waals surface area contributed by atoms with Crippen LogP contribution in [0.3, 0.4) is 0 Å². The second-order valence-electron chi connectivity index (χ2n) is 4.26. The van der Waals surface area contributed by atoms with Gasteiger partial charge in [0, 0.05) is 11.1 Å². The lowest BCUT2D eigenvalue weighted by molar-refractivity contribution is 0.297. The molecule has 2 aromatic rings. The first-order valence-electron chi connectivity index (χ1n) is 6.06. The van der Waals surface area contributed by atoms with Crippen molar-refractivity contribution >= 4 is 33.1 Å². The van der Waals surface area contributed by atoms with Gasteiger partial charge in [-0.1, -0.05) is 24.4 Å². The number of hydrogen-bond acceptors (Lipinski definition) is 3. The number of hydrogen-bond donors (Lipinski definition) is 1. The van der Waals surface area contributed by atoms with Crippen LogP contribution in [0.1, 0.15) is 11.1 Å². The van der Waals surface area contributed by atoms with E-state index in [2.05, 4.69) is 15.9 Å². The van der Waals surface area contributed by atoms with Gasteiger partial charge in [-0.3, -0.25) is 0 Å². The Labute approximate surface area is 136 Å². The van der Waals surface area contributed by atoms with Gasteiger partial charge in [-0.05, 0) is 40.2 Å². The Hall–Kier alpha value is -1.66. The lowest BCUT2D eigenvalue weighted by atomic mass is 10.1. The van der Waals surface area contributed by atoms with Gasteiger partial charge in [-0.25, -0.2) is 4.39 Å². The van der Waals surface area contributed by atoms with E-state index in [-0.39, 0.29) is 11.6 Å². The van der Waals surface area contributed by atoms with Crippen LogP contribution in [-0.2, 0) is 6.61 Å². The molecule has 0 aliphatic rings. The average Bonchev–Trinajstić information content (AvgIpc) is 2.46. The summed E-state index contributed by atoms with van der Waals surface area (Å²) < 4.78 is 25.3. The van der Waals surface area contributed by atoms with Crippen LogP contribution in [0.25, 0.3) is 0 Å². The SMILES string of the molecule is COc1ccc(OCc2ccc(C(N)=S)cc2F)c(Br)c1. The number of nitrogens with two attached hydrogens (primary N) is 1. The zero-order chi connectivity index (χ0) is 15.4. The van der Waals surface area contributed by atoms with Gasteiger partial charge < -0.3 is 15.2 Å². The molecule has 21 heavy (non-hydrogen) atoms. The Bertz CT molecular complexity index is 679. The van der Waals surface area contributed by atoms with Crippen molar-refractivity contribution < 1.29 is 13.9 Å². The summed E-state index contributed by atoms with van der Waals surface area (Å²) in [7, 11) is 1.58. The van der Waals surface area contributed by atoms with Gasteiger partial charge in [0.15, 0.2) is 0 Å². The normalized spacial score (nSPS) is 10.2. The van der Waals surface area contributed by atoms with Crippen LogP contribution in [0.15, 0.2) is 40.9 Å². The summed E-state index contributed by atoms with van der Waals surface area (Å²) in [5, 5.41) is 0. The molecule has 0 radical (unpaired) electrons. The summed E-state index contributed by atoms with van der Waals surface area (Å²) >= 11 is 8.19. The molecule has 2 N–H and O–H groups in total. The van der Waals surface area contributed by atoms with E-state index in [1.54, 1.807) is 37.4 Å². The molecule has 0 unspecified atom stereocenters. The zero-order valence-corrected chi connectivity index (χ0v) is 13.6. The summed E-state index contributed by atoms with van der Waals surface area (Å²) in [6.07, 6.45) is 0. The van der Waals surface area contributed by atoms with Crippen LogP contribution in [0, 0.1) is 5.82 Å². The summed E-state index contributed by atoms with van der Waals surface area (Å²) in [4.78, 5) is 0.166. The highest BCUT2D eigenvalue weighted by Gasteiger charge is 2.08. The molecule has 0 atom stereocenters. The second kappa shape index (κ2) is 6.87. The fraction of sp³-hybridized carbons (Fsp3) is 0.133. The van der Waals surface area contributed by atoms with Gasteiger partial charge in [0.05, 0.1) is 11.6 Å². The van der Waals surface area contributed by atoms with E-state index in [0.29, 0.717) is 22.6 Å². The predicted molar refractivity (Wildman–Crippen MR) is 87.3 cm³/mol. The van der Waals surface area contributed by atoms with E-state index in [0.717, 1.165) is 4.47 Å². The molecule has 2 rings (SSSR count). The van der Waals surface area contributed by atoms with Gasteiger partial charge in [0.2, 0.25) is 0 Å². The summed E-state index contributed by atoms with van der Waals surface area (Å²) in [6.45, 7) is 0.106. The molecule has 0 spiro atoms. The molecule has 0 bridgehead atoms. The van der Waals surface area contributed by atoms with E-state index in [1.165, 1.54) is 6.07 Å². The fourth-order valence-corrected chi connectivity index (χ4v) is 2.30. The first-order chi connectivity index (χ1) is 10.0. The van der Waals surface area contributed by atoms with Crippen molar-refractivity contribution in [1.82, 2.24) is 0 Å². The van der Waals surface area contributed by atoms with Crippen molar-refractivity contribution in [2.24, 2.45) is 5.73 Å².